The zero-order chi connectivity index (χ0) is 17.9. The molecule has 0 saturated carbocycles. The van der Waals surface area contributed by atoms with Gasteiger partial charge in [0.2, 0.25) is 0 Å². The number of hydrogen-bond donors (Lipinski definition) is 0. The minimum absolute atomic E-state index is 0.260. The molecular weight excluding hydrogens is 333 g/mol. The predicted molar refractivity (Wildman–Crippen MR) is 95.4 cm³/mol. The Morgan fingerprint density at radius 1 is 1.19 bits per heavy atom. The minimum atomic E-state index is -0.260. The summed E-state index contributed by atoms with van der Waals surface area (Å²) in [7, 11) is 0. The van der Waals surface area contributed by atoms with Gasteiger partial charge in [0.25, 0.3) is 0 Å². The van der Waals surface area contributed by atoms with E-state index in [-0.39, 0.29) is 5.82 Å². The topological polar surface area (TPSA) is 64.7 Å². The van der Waals surface area contributed by atoms with Crippen molar-refractivity contribution >= 4 is 5.69 Å². The first-order valence-corrected chi connectivity index (χ1v) is 9.00. The summed E-state index contributed by atoms with van der Waals surface area (Å²) < 4.78 is 18.0. The fourth-order valence-electron chi connectivity index (χ4n) is 3.65. The third-order valence-corrected chi connectivity index (χ3v) is 4.99. The number of anilines is 1. The van der Waals surface area contributed by atoms with Crippen molar-refractivity contribution in [3.05, 3.63) is 54.4 Å². The Morgan fingerprint density at radius 3 is 2.73 bits per heavy atom. The lowest BCUT2D eigenvalue weighted by molar-refractivity contribution is 0.458. The van der Waals surface area contributed by atoms with Crippen LogP contribution in [0.1, 0.15) is 37.3 Å². The molecule has 4 rings (SSSR count). The maximum Gasteiger partial charge on any atom is 0.164 e. The highest BCUT2D eigenvalue weighted by Gasteiger charge is 2.27. The van der Waals surface area contributed by atoms with Crippen LogP contribution in [0.2, 0.25) is 0 Å². The molecule has 0 unspecified atom stereocenters. The summed E-state index contributed by atoms with van der Waals surface area (Å²) in [5.41, 5.74) is 0.634. The van der Waals surface area contributed by atoms with Gasteiger partial charge >= 0.3 is 0 Å². The molecule has 0 aromatic carbocycles. The smallest absolute Gasteiger partial charge is 0.164 e. The SMILES string of the molecule is CCn1c(Cn2cccn2)nnc1C1CCN(c2ccncc2F)CC1. The molecule has 1 fully saturated rings. The average Bonchev–Trinajstić information content (AvgIpc) is 3.32. The van der Waals surface area contributed by atoms with Crippen molar-refractivity contribution in [3.8, 4) is 0 Å². The van der Waals surface area contributed by atoms with Gasteiger partial charge < -0.3 is 9.47 Å². The molecule has 26 heavy (non-hydrogen) atoms. The van der Waals surface area contributed by atoms with Crippen molar-refractivity contribution in [2.75, 3.05) is 18.0 Å². The quantitative estimate of drug-likeness (QED) is 0.703. The molecule has 0 radical (unpaired) electrons. The Morgan fingerprint density at radius 2 is 2.04 bits per heavy atom. The zero-order valence-corrected chi connectivity index (χ0v) is 14.8. The van der Waals surface area contributed by atoms with Crippen molar-refractivity contribution in [1.82, 2.24) is 29.5 Å². The molecule has 8 heteroatoms. The number of aromatic nitrogens is 6. The van der Waals surface area contributed by atoms with Crippen LogP contribution in [0.5, 0.6) is 0 Å². The lowest BCUT2D eigenvalue weighted by atomic mass is 9.95. The summed E-state index contributed by atoms with van der Waals surface area (Å²) in [5, 5.41) is 13.1. The van der Waals surface area contributed by atoms with E-state index < -0.39 is 0 Å². The van der Waals surface area contributed by atoms with Gasteiger partial charge in [0.1, 0.15) is 12.4 Å². The molecule has 0 spiro atoms. The summed E-state index contributed by atoms with van der Waals surface area (Å²) in [6.45, 7) is 5.17. The second-order valence-electron chi connectivity index (χ2n) is 6.51. The summed E-state index contributed by atoms with van der Waals surface area (Å²) >= 11 is 0. The number of pyridine rings is 1. The number of rotatable bonds is 5. The van der Waals surface area contributed by atoms with E-state index in [0.29, 0.717) is 18.2 Å². The van der Waals surface area contributed by atoms with Gasteiger partial charge in [0, 0.05) is 44.1 Å². The van der Waals surface area contributed by atoms with Crippen LogP contribution in [0, 0.1) is 5.82 Å². The lowest BCUT2D eigenvalue weighted by Gasteiger charge is -2.33. The number of halogens is 1. The average molecular weight is 355 g/mol. The first-order valence-electron chi connectivity index (χ1n) is 9.00. The van der Waals surface area contributed by atoms with Gasteiger partial charge in [-0.1, -0.05) is 0 Å². The highest BCUT2D eigenvalue weighted by atomic mass is 19.1. The van der Waals surface area contributed by atoms with Crippen LogP contribution in [0.15, 0.2) is 36.9 Å². The van der Waals surface area contributed by atoms with Crippen LogP contribution in [0.3, 0.4) is 0 Å². The highest BCUT2D eigenvalue weighted by Crippen LogP contribution is 2.30. The number of hydrogen-bond acceptors (Lipinski definition) is 5. The molecule has 0 amide bonds. The molecule has 136 valence electrons. The molecule has 0 N–H and O–H groups in total. The second kappa shape index (κ2) is 7.23. The van der Waals surface area contributed by atoms with Gasteiger partial charge in [-0.2, -0.15) is 5.10 Å². The normalized spacial score (nSPS) is 15.5. The monoisotopic (exact) mass is 355 g/mol. The molecule has 7 nitrogen and oxygen atoms in total. The number of piperidine rings is 1. The van der Waals surface area contributed by atoms with E-state index in [2.05, 4.69) is 36.7 Å². The van der Waals surface area contributed by atoms with E-state index in [1.807, 2.05) is 16.9 Å². The van der Waals surface area contributed by atoms with E-state index in [4.69, 9.17) is 0 Å². The van der Waals surface area contributed by atoms with Crippen molar-refractivity contribution in [3.63, 3.8) is 0 Å². The van der Waals surface area contributed by atoms with Gasteiger partial charge in [-0.25, -0.2) is 4.39 Å². The third-order valence-electron chi connectivity index (χ3n) is 4.99. The van der Waals surface area contributed by atoms with Crippen LogP contribution in [-0.2, 0) is 13.1 Å². The van der Waals surface area contributed by atoms with Gasteiger partial charge in [0.05, 0.1) is 11.9 Å². The van der Waals surface area contributed by atoms with Crippen molar-refractivity contribution < 1.29 is 4.39 Å². The zero-order valence-electron chi connectivity index (χ0n) is 14.8. The second-order valence-corrected chi connectivity index (χ2v) is 6.51. The largest absolute Gasteiger partial charge is 0.369 e. The molecule has 0 bridgehead atoms. The van der Waals surface area contributed by atoms with Crippen LogP contribution in [0.4, 0.5) is 10.1 Å². The predicted octanol–water partition coefficient (Wildman–Crippen LogP) is 2.46. The summed E-state index contributed by atoms with van der Waals surface area (Å²) in [6.07, 6.45) is 8.47. The summed E-state index contributed by atoms with van der Waals surface area (Å²) in [4.78, 5) is 5.92. The molecule has 4 heterocycles. The molecule has 3 aromatic rings. The fourth-order valence-corrected chi connectivity index (χ4v) is 3.65. The van der Waals surface area contributed by atoms with Gasteiger partial charge in [-0.15, -0.1) is 10.2 Å². The third kappa shape index (κ3) is 3.18. The molecule has 0 aliphatic carbocycles. The molecule has 0 atom stereocenters. The maximum atomic E-state index is 14.0. The van der Waals surface area contributed by atoms with Crippen LogP contribution in [0.25, 0.3) is 0 Å². The van der Waals surface area contributed by atoms with Gasteiger partial charge in [-0.3, -0.25) is 9.67 Å². The highest BCUT2D eigenvalue weighted by molar-refractivity contribution is 5.46. The number of nitrogens with zero attached hydrogens (tertiary/aromatic N) is 7. The molecular formula is C18H22FN7. The van der Waals surface area contributed by atoms with E-state index >= 15 is 0 Å². The van der Waals surface area contributed by atoms with Crippen LogP contribution >= 0.6 is 0 Å². The maximum absolute atomic E-state index is 14.0. The van der Waals surface area contributed by atoms with Crippen LogP contribution in [-0.4, -0.2) is 42.6 Å². The first-order chi connectivity index (χ1) is 12.8. The summed E-state index contributed by atoms with van der Waals surface area (Å²) in [5.74, 6) is 2.04. The standard InChI is InChI=1S/C18H22FN7/c1-2-26-17(13-25-9-3-7-21-25)22-23-18(26)14-5-10-24(11-6-14)16-4-8-20-12-15(16)19/h3-4,7-9,12,14H,2,5-6,10-11,13H2,1H3. The molecule has 1 aliphatic heterocycles. The van der Waals surface area contributed by atoms with Crippen LogP contribution < -0.4 is 4.90 Å². The van der Waals surface area contributed by atoms with E-state index in [9.17, 15) is 4.39 Å². The first kappa shape index (κ1) is 16.7. The molecule has 1 aliphatic rings. The van der Waals surface area contributed by atoms with Gasteiger partial charge in [-0.05, 0) is 31.9 Å². The minimum Gasteiger partial charge on any atom is -0.369 e. The van der Waals surface area contributed by atoms with E-state index in [0.717, 1.165) is 44.1 Å². The van der Waals surface area contributed by atoms with Crippen molar-refractivity contribution in [2.24, 2.45) is 0 Å². The Bertz CT molecular complexity index is 850. The van der Waals surface area contributed by atoms with Crippen molar-refractivity contribution in [2.45, 2.75) is 38.8 Å². The lowest BCUT2D eigenvalue weighted by Crippen LogP contribution is -2.34. The van der Waals surface area contributed by atoms with E-state index in [1.165, 1.54) is 6.20 Å². The Balaban J connectivity index is 1.47. The Kier molecular flexibility index (Phi) is 4.64. The van der Waals surface area contributed by atoms with Gasteiger partial charge in [0.15, 0.2) is 11.6 Å². The molecule has 1 saturated heterocycles. The Hall–Kier alpha value is -2.77. The van der Waals surface area contributed by atoms with Crippen molar-refractivity contribution in [1.29, 1.82) is 0 Å². The van der Waals surface area contributed by atoms with E-state index in [1.54, 1.807) is 18.5 Å². The molecule has 3 aromatic heterocycles. The summed E-state index contributed by atoms with van der Waals surface area (Å²) in [6, 6.07) is 3.65. The fraction of sp³-hybridized carbons (Fsp3) is 0.444. The Labute approximate surface area is 151 Å².